The summed E-state index contributed by atoms with van der Waals surface area (Å²) in [5.74, 6) is -0.0628. The van der Waals surface area contributed by atoms with Crippen LogP contribution in [0.3, 0.4) is 0 Å². The summed E-state index contributed by atoms with van der Waals surface area (Å²) in [5, 5.41) is 4.24. The molecule has 3 heterocycles. The standard InChI is InChI=1S/C18H24N4O4S/c23-17(12-21-18(24)20-10-5-4-8-16(20)19-21)22(14-6-2-1-3-7-14)15-9-11-27(25,26)13-15/h4-5,8,10,14-15H,1-3,6-7,9,11-13H2. The molecule has 4 rings (SSSR count). The number of carbonyl (C=O) groups is 1. The second kappa shape index (κ2) is 7.10. The minimum atomic E-state index is -3.10. The van der Waals surface area contributed by atoms with E-state index < -0.39 is 9.84 Å². The average molecular weight is 392 g/mol. The molecule has 1 aliphatic heterocycles. The van der Waals surface area contributed by atoms with Crippen molar-refractivity contribution in [3.8, 4) is 0 Å². The molecule has 27 heavy (non-hydrogen) atoms. The van der Waals surface area contributed by atoms with Crippen LogP contribution in [0.4, 0.5) is 0 Å². The van der Waals surface area contributed by atoms with Gasteiger partial charge in [0.25, 0.3) is 0 Å². The van der Waals surface area contributed by atoms with E-state index in [2.05, 4.69) is 5.10 Å². The predicted octanol–water partition coefficient (Wildman–Crippen LogP) is 0.844. The first-order valence-electron chi connectivity index (χ1n) is 9.50. The number of fused-ring (bicyclic) bond motifs is 1. The van der Waals surface area contributed by atoms with Gasteiger partial charge in [0, 0.05) is 18.3 Å². The van der Waals surface area contributed by atoms with Gasteiger partial charge in [-0.3, -0.25) is 9.20 Å². The Kier molecular flexibility index (Phi) is 4.79. The maximum absolute atomic E-state index is 13.2. The van der Waals surface area contributed by atoms with Gasteiger partial charge < -0.3 is 4.90 Å². The molecular formula is C18H24N4O4S. The Morgan fingerprint density at radius 2 is 1.93 bits per heavy atom. The second-order valence-corrected chi connectivity index (χ2v) is 9.75. The number of hydrogen-bond acceptors (Lipinski definition) is 5. The first kappa shape index (κ1) is 18.2. The number of nitrogens with zero attached hydrogens (tertiary/aromatic N) is 4. The minimum Gasteiger partial charge on any atom is -0.334 e. The highest BCUT2D eigenvalue weighted by Crippen LogP contribution is 2.28. The van der Waals surface area contributed by atoms with Gasteiger partial charge in [-0.1, -0.05) is 25.3 Å². The molecule has 2 aromatic heterocycles. The smallest absolute Gasteiger partial charge is 0.334 e. The zero-order chi connectivity index (χ0) is 19.0. The van der Waals surface area contributed by atoms with Crippen LogP contribution >= 0.6 is 0 Å². The molecule has 8 nitrogen and oxygen atoms in total. The number of hydrogen-bond donors (Lipinski definition) is 0. The van der Waals surface area contributed by atoms with Crippen molar-refractivity contribution < 1.29 is 13.2 Å². The van der Waals surface area contributed by atoms with E-state index in [0.29, 0.717) is 12.1 Å². The van der Waals surface area contributed by atoms with Crippen LogP contribution in [0.1, 0.15) is 38.5 Å². The number of sulfone groups is 1. The first-order chi connectivity index (χ1) is 12.9. The monoisotopic (exact) mass is 392 g/mol. The van der Waals surface area contributed by atoms with Crippen molar-refractivity contribution in [2.45, 2.75) is 57.2 Å². The van der Waals surface area contributed by atoms with Gasteiger partial charge in [-0.05, 0) is 31.4 Å². The Bertz CT molecular complexity index is 1000. The van der Waals surface area contributed by atoms with Crippen molar-refractivity contribution in [1.82, 2.24) is 19.1 Å². The van der Waals surface area contributed by atoms with Gasteiger partial charge in [0.1, 0.15) is 6.54 Å². The highest BCUT2D eigenvalue weighted by Gasteiger charge is 2.38. The molecule has 1 unspecified atom stereocenters. The van der Waals surface area contributed by atoms with Gasteiger partial charge in [-0.15, -0.1) is 5.10 Å². The van der Waals surface area contributed by atoms with Gasteiger partial charge >= 0.3 is 5.69 Å². The van der Waals surface area contributed by atoms with Crippen molar-refractivity contribution >= 4 is 21.4 Å². The minimum absolute atomic E-state index is 0.0231. The average Bonchev–Trinajstić information content (AvgIpc) is 3.16. The van der Waals surface area contributed by atoms with Crippen molar-refractivity contribution in [3.05, 3.63) is 34.9 Å². The lowest BCUT2D eigenvalue weighted by molar-refractivity contribution is -0.137. The quantitative estimate of drug-likeness (QED) is 0.769. The molecule has 1 saturated heterocycles. The van der Waals surface area contributed by atoms with E-state index in [0.717, 1.165) is 32.1 Å². The van der Waals surface area contributed by atoms with E-state index in [9.17, 15) is 18.0 Å². The van der Waals surface area contributed by atoms with Crippen molar-refractivity contribution in [3.63, 3.8) is 0 Å². The highest BCUT2D eigenvalue weighted by atomic mass is 32.2. The van der Waals surface area contributed by atoms with E-state index in [-0.39, 0.29) is 41.7 Å². The van der Waals surface area contributed by atoms with Gasteiger partial charge in [0.05, 0.1) is 11.5 Å². The van der Waals surface area contributed by atoms with E-state index in [1.165, 1.54) is 9.08 Å². The fourth-order valence-corrected chi connectivity index (χ4v) is 6.05. The van der Waals surface area contributed by atoms with Crippen LogP contribution in [0.5, 0.6) is 0 Å². The Labute approximate surface area is 157 Å². The molecule has 0 aromatic carbocycles. The van der Waals surface area contributed by atoms with E-state index in [1.807, 2.05) is 0 Å². The lowest BCUT2D eigenvalue weighted by atomic mass is 9.93. The summed E-state index contributed by atoms with van der Waals surface area (Å²) in [5.41, 5.74) is 0.129. The molecular weight excluding hydrogens is 368 g/mol. The van der Waals surface area contributed by atoms with E-state index in [1.54, 1.807) is 29.3 Å². The molecule has 0 spiro atoms. The lowest BCUT2D eigenvalue weighted by Crippen LogP contribution is -2.50. The van der Waals surface area contributed by atoms with Gasteiger partial charge in [0.15, 0.2) is 15.5 Å². The summed E-state index contributed by atoms with van der Waals surface area (Å²) in [6, 6.07) is 4.99. The third-order valence-corrected chi connectivity index (χ3v) is 7.38. The lowest BCUT2D eigenvalue weighted by Gasteiger charge is -2.38. The van der Waals surface area contributed by atoms with Crippen LogP contribution < -0.4 is 5.69 Å². The molecule has 0 N–H and O–H groups in total. The van der Waals surface area contributed by atoms with Crippen molar-refractivity contribution in [2.75, 3.05) is 11.5 Å². The molecule has 0 bridgehead atoms. The van der Waals surface area contributed by atoms with Gasteiger partial charge in [-0.25, -0.2) is 17.9 Å². The fourth-order valence-electron chi connectivity index (χ4n) is 4.34. The molecule has 1 atom stereocenters. The molecule has 2 aliphatic rings. The number of carbonyl (C=O) groups excluding carboxylic acids is 1. The largest absolute Gasteiger partial charge is 0.350 e. The molecule has 1 aliphatic carbocycles. The fraction of sp³-hybridized carbons (Fsp3) is 0.611. The molecule has 2 aromatic rings. The Morgan fingerprint density at radius 1 is 1.15 bits per heavy atom. The molecule has 1 saturated carbocycles. The Balaban J connectivity index is 1.61. The number of aromatic nitrogens is 3. The van der Waals surface area contributed by atoms with E-state index in [4.69, 9.17) is 0 Å². The number of amides is 1. The maximum Gasteiger partial charge on any atom is 0.350 e. The molecule has 146 valence electrons. The molecule has 9 heteroatoms. The predicted molar refractivity (Wildman–Crippen MR) is 100 cm³/mol. The normalized spacial score (nSPS) is 22.9. The summed E-state index contributed by atoms with van der Waals surface area (Å²) in [4.78, 5) is 27.4. The topological polar surface area (TPSA) is 93.8 Å². The molecule has 1 amide bonds. The number of pyridine rings is 1. The van der Waals surface area contributed by atoms with Crippen molar-refractivity contribution in [1.29, 1.82) is 0 Å². The summed E-state index contributed by atoms with van der Waals surface area (Å²) < 4.78 is 26.5. The summed E-state index contributed by atoms with van der Waals surface area (Å²) in [6.07, 6.45) is 7.11. The van der Waals surface area contributed by atoms with E-state index >= 15 is 0 Å². The van der Waals surface area contributed by atoms with Gasteiger partial charge in [-0.2, -0.15) is 0 Å². The van der Waals surface area contributed by atoms with Crippen LogP contribution in [0.2, 0.25) is 0 Å². The van der Waals surface area contributed by atoms with Crippen molar-refractivity contribution in [2.24, 2.45) is 0 Å². The zero-order valence-electron chi connectivity index (χ0n) is 15.2. The Morgan fingerprint density at radius 3 is 2.59 bits per heavy atom. The first-order valence-corrected chi connectivity index (χ1v) is 11.3. The summed E-state index contributed by atoms with van der Waals surface area (Å²) in [7, 11) is -3.10. The third kappa shape index (κ3) is 3.65. The SMILES string of the molecule is O=C(Cn1nc2ccccn2c1=O)N(C1CCCCC1)C1CCS(=O)(=O)C1. The molecule has 2 fully saturated rings. The van der Waals surface area contributed by atoms with Crippen LogP contribution in [-0.2, 0) is 21.2 Å². The maximum atomic E-state index is 13.2. The van der Waals surface area contributed by atoms with Crippen LogP contribution in [0, 0.1) is 0 Å². The summed E-state index contributed by atoms with van der Waals surface area (Å²) in [6.45, 7) is -0.159. The summed E-state index contributed by atoms with van der Waals surface area (Å²) >= 11 is 0. The van der Waals surface area contributed by atoms with Crippen LogP contribution in [0.15, 0.2) is 29.2 Å². The van der Waals surface area contributed by atoms with Crippen LogP contribution in [-0.4, -0.2) is 57.0 Å². The number of rotatable bonds is 4. The third-order valence-electron chi connectivity index (χ3n) is 5.63. The van der Waals surface area contributed by atoms with Gasteiger partial charge in [0.2, 0.25) is 5.91 Å². The molecule has 0 radical (unpaired) electrons. The highest BCUT2D eigenvalue weighted by molar-refractivity contribution is 7.91. The second-order valence-electron chi connectivity index (χ2n) is 7.52. The zero-order valence-corrected chi connectivity index (χ0v) is 16.0. The van der Waals surface area contributed by atoms with Crippen LogP contribution in [0.25, 0.3) is 5.65 Å². The Hall–Kier alpha value is -2.16.